The van der Waals surface area contributed by atoms with E-state index in [2.05, 4.69) is 5.32 Å². The molecule has 0 spiro atoms. The second-order valence-electron chi connectivity index (χ2n) is 4.40. The molecule has 0 radical (unpaired) electrons. The molecule has 0 saturated heterocycles. The van der Waals surface area contributed by atoms with Crippen molar-refractivity contribution in [1.82, 2.24) is 5.32 Å². The summed E-state index contributed by atoms with van der Waals surface area (Å²) in [5, 5.41) is 11.5. The topological polar surface area (TPSA) is 66.4 Å². The van der Waals surface area contributed by atoms with Crippen LogP contribution in [0.1, 0.15) is 35.2 Å². The van der Waals surface area contributed by atoms with E-state index in [1.807, 2.05) is 0 Å². The van der Waals surface area contributed by atoms with E-state index < -0.39 is 5.97 Å². The molecule has 2 rings (SSSR count). The Balaban J connectivity index is 2.05. The molecule has 0 bridgehead atoms. The zero-order chi connectivity index (χ0) is 13.0. The van der Waals surface area contributed by atoms with Crippen LogP contribution in [0.4, 0.5) is 0 Å². The molecule has 2 N–H and O–H groups in total. The van der Waals surface area contributed by atoms with Crippen molar-refractivity contribution in [3.63, 3.8) is 0 Å². The van der Waals surface area contributed by atoms with Gasteiger partial charge >= 0.3 is 5.97 Å². The van der Waals surface area contributed by atoms with Crippen LogP contribution in [0.2, 0.25) is 0 Å². The van der Waals surface area contributed by atoms with Gasteiger partial charge in [0.1, 0.15) is 0 Å². The average molecular weight is 245 g/mol. The normalized spacial score (nSPS) is 15.3. The van der Waals surface area contributed by atoms with E-state index in [-0.39, 0.29) is 5.91 Å². The Bertz CT molecular complexity index is 490. The van der Waals surface area contributed by atoms with Crippen molar-refractivity contribution in [2.75, 3.05) is 0 Å². The lowest BCUT2D eigenvalue weighted by Gasteiger charge is -2.26. The van der Waals surface area contributed by atoms with Crippen LogP contribution in [0.3, 0.4) is 0 Å². The molecule has 0 atom stereocenters. The van der Waals surface area contributed by atoms with Crippen LogP contribution in [-0.4, -0.2) is 23.0 Å². The van der Waals surface area contributed by atoms with Crippen LogP contribution in [-0.2, 0) is 4.79 Å². The Hall–Kier alpha value is -2.10. The molecule has 1 aromatic carbocycles. The molecule has 0 unspecified atom stereocenters. The molecule has 1 amide bonds. The highest BCUT2D eigenvalue weighted by Gasteiger charge is 2.19. The number of benzene rings is 1. The number of nitrogens with one attached hydrogen (secondary N) is 1. The van der Waals surface area contributed by atoms with Gasteiger partial charge in [0.25, 0.3) is 5.91 Å². The summed E-state index contributed by atoms with van der Waals surface area (Å²) in [6.07, 6.45) is 5.80. The maximum absolute atomic E-state index is 11.9. The highest BCUT2D eigenvalue weighted by Crippen LogP contribution is 2.18. The van der Waals surface area contributed by atoms with Crippen molar-refractivity contribution in [2.45, 2.75) is 25.3 Å². The number of carboxylic acid groups (broad SMARTS) is 1. The lowest BCUT2D eigenvalue weighted by molar-refractivity contribution is -0.131. The van der Waals surface area contributed by atoms with E-state index in [4.69, 9.17) is 5.11 Å². The molecule has 4 heteroatoms. The zero-order valence-electron chi connectivity index (χ0n) is 9.93. The van der Waals surface area contributed by atoms with Gasteiger partial charge in [-0.05, 0) is 43.0 Å². The van der Waals surface area contributed by atoms with Crippen LogP contribution in [0.15, 0.2) is 30.3 Å². The third-order valence-corrected chi connectivity index (χ3v) is 3.01. The minimum absolute atomic E-state index is 0.0923. The standard InChI is InChI=1S/C14H15NO3/c16-13(17)8-7-10-3-1-4-11(9-10)14(18)15-12-5-2-6-12/h1,3-4,7-9,12H,2,5-6H2,(H,15,18)(H,16,17)/b8-7+. The molecule has 1 aromatic rings. The highest BCUT2D eigenvalue weighted by atomic mass is 16.4. The van der Waals surface area contributed by atoms with Crippen molar-refractivity contribution in [3.05, 3.63) is 41.5 Å². The lowest BCUT2D eigenvalue weighted by Crippen LogP contribution is -2.39. The highest BCUT2D eigenvalue weighted by molar-refractivity contribution is 5.95. The number of carboxylic acids is 1. The quantitative estimate of drug-likeness (QED) is 0.798. The Morgan fingerprint density at radius 1 is 1.33 bits per heavy atom. The molecule has 18 heavy (non-hydrogen) atoms. The van der Waals surface area contributed by atoms with Gasteiger partial charge in [-0.3, -0.25) is 4.79 Å². The molecule has 1 aliphatic carbocycles. The Morgan fingerprint density at radius 3 is 2.72 bits per heavy atom. The van der Waals surface area contributed by atoms with E-state index in [9.17, 15) is 9.59 Å². The van der Waals surface area contributed by atoms with Crippen LogP contribution in [0.25, 0.3) is 6.08 Å². The van der Waals surface area contributed by atoms with E-state index in [0.717, 1.165) is 18.9 Å². The van der Waals surface area contributed by atoms with E-state index >= 15 is 0 Å². The summed E-state index contributed by atoms with van der Waals surface area (Å²) in [6.45, 7) is 0. The largest absolute Gasteiger partial charge is 0.478 e. The van der Waals surface area contributed by atoms with Crippen molar-refractivity contribution in [1.29, 1.82) is 0 Å². The lowest BCUT2D eigenvalue weighted by atomic mass is 9.93. The van der Waals surface area contributed by atoms with E-state index in [1.165, 1.54) is 12.5 Å². The number of hydrogen-bond acceptors (Lipinski definition) is 2. The minimum atomic E-state index is -1.00. The summed E-state index contributed by atoms with van der Waals surface area (Å²) in [4.78, 5) is 22.3. The van der Waals surface area contributed by atoms with Crippen molar-refractivity contribution in [3.8, 4) is 0 Å². The number of rotatable bonds is 4. The fraction of sp³-hybridized carbons (Fsp3) is 0.286. The summed E-state index contributed by atoms with van der Waals surface area (Å²) in [5.74, 6) is -1.09. The second kappa shape index (κ2) is 5.49. The van der Waals surface area contributed by atoms with Gasteiger partial charge in [0.2, 0.25) is 0 Å². The molecule has 1 fully saturated rings. The summed E-state index contributed by atoms with van der Waals surface area (Å²) in [6, 6.07) is 7.23. The maximum Gasteiger partial charge on any atom is 0.328 e. The number of carbonyl (C=O) groups is 2. The predicted octanol–water partition coefficient (Wildman–Crippen LogP) is 2.07. The van der Waals surface area contributed by atoms with Crippen molar-refractivity contribution >= 4 is 18.0 Å². The van der Waals surface area contributed by atoms with E-state index in [1.54, 1.807) is 24.3 Å². The van der Waals surface area contributed by atoms with Crippen LogP contribution < -0.4 is 5.32 Å². The second-order valence-corrected chi connectivity index (χ2v) is 4.40. The predicted molar refractivity (Wildman–Crippen MR) is 68.2 cm³/mol. The first-order valence-electron chi connectivity index (χ1n) is 5.97. The maximum atomic E-state index is 11.9. The molecule has 1 aliphatic rings. The fourth-order valence-electron chi connectivity index (χ4n) is 1.77. The van der Waals surface area contributed by atoms with Gasteiger partial charge in [0, 0.05) is 17.7 Å². The van der Waals surface area contributed by atoms with Crippen LogP contribution in [0.5, 0.6) is 0 Å². The molecule has 4 nitrogen and oxygen atoms in total. The number of carbonyl (C=O) groups excluding carboxylic acids is 1. The minimum Gasteiger partial charge on any atom is -0.478 e. The third kappa shape index (κ3) is 3.20. The van der Waals surface area contributed by atoms with Gasteiger partial charge in [-0.1, -0.05) is 12.1 Å². The molecular weight excluding hydrogens is 230 g/mol. The Labute approximate surface area is 105 Å². The van der Waals surface area contributed by atoms with Crippen molar-refractivity contribution in [2.24, 2.45) is 0 Å². The first kappa shape index (κ1) is 12.4. The van der Waals surface area contributed by atoms with Crippen LogP contribution in [0, 0.1) is 0 Å². The fourth-order valence-corrected chi connectivity index (χ4v) is 1.77. The first-order valence-corrected chi connectivity index (χ1v) is 5.97. The van der Waals surface area contributed by atoms with Gasteiger partial charge in [0.15, 0.2) is 0 Å². The van der Waals surface area contributed by atoms with Gasteiger partial charge in [0.05, 0.1) is 0 Å². The molecule has 1 saturated carbocycles. The first-order chi connectivity index (χ1) is 8.65. The monoisotopic (exact) mass is 245 g/mol. The molecule has 0 aromatic heterocycles. The summed E-state index contributed by atoms with van der Waals surface area (Å²) < 4.78 is 0. The molecule has 0 aliphatic heterocycles. The van der Waals surface area contributed by atoms with Gasteiger partial charge in [-0.15, -0.1) is 0 Å². The number of amides is 1. The van der Waals surface area contributed by atoms with Crippen molar-refractivity contribution < 1.29 is 14.7 Å². The summed E-state index contributed by atoms with van der Waals surface area (Å²) >= 11 is 0. The van der Waals surface area contributed by atoms with Gasteiger partial charge in [-0.25, -0.2) is 4.79 Å². The number of aliphatic carboxylic acids is 1. The smallest absolute Gasteiger partial charge is 0.328 e. The molecular formula is C14H15NO3. The summed E-state index contributed by atoms with van der Waals surface area (Å²) in [5.41, 5.74) is 1.27. The van der Waals surface area contributed by atoms with Gasteiger partial charge in [-0.2, -0.15) is 0 Å². The Morgan fingerprint density at radius 2 is 2.11 bits per heavy atom. The average Bonchev–Trinajstić information content (AvgIpc) is 2.31. The van der Waals surface area contributed by atoms with E-state index in [0.29, 0.717) is 17.2 Å². The molecule has 0 heterocycles. The van der Waals surface area contributed by atoms with Crippen LogP contribution >= 0.6 is 0 Å². The van der Waals surface area contributed by atoms with Gasteiger partial charge < -0.3 is 10.4 Å². The third-order valence-electron chi connectivity index (χ3n) is 3.01. The molecule has 94 valence electrons. The summed E-state index contributed by atoms with van der Waals surface area (Å²) in [7, 11) is 0. The SMILES string of the molecule is O=C(O)/C=C/c1cccc(C(=O)NC2CCC2)c1. The number of hydrogen-bond donors (Lipinski definition) is 2. The zero-order valence-corrected chi connectivity index (χ0v) is 9.93. The Kier molecular flexibility index (Phi) is 3.77.